The molecule has 0 atom stereocenters. The van der Waals surface area contributed by atoms with Crippen LogP contribution in [-0.2, 0) is 0 Å². The van der Waals surface area contributed by atoms with Crippen LogP contribution in [0, 0.1) is 6.57 Å². The summed E-state index contributed by atoms with van der Waals surface area (Å²) in [7, 11) is 0. The summed E-state index contributed by atoms with van der Waals surface area (Å²) in [6.45, 7) is 7.74. The van der Waals surface area contributed by atoms with Crippen molar-refractivity contribution in [2.45, 2.75) is 0 Å². The maximum atomic E-state index is 7.74. The van der Waals surface area contributed by atoms with E-state index >= 15 is 0 Å². The predicted octanol–water partition coefficient (Wildman–Crippen LogP) is 12.0. The first kappa shape index (κ1) is 26.9. The summed E-state index contributed by atoms with van der Waals surface area (Å²) in [5.41, 5.74) is 11.0. The van der Waals surface area contributed by atoms with Crippen LogP contribution in [0.15, 0.2) is 164 Å². The van der Waals surface area contributed by atoms with Crippen molar-refractivity contribution in [3.63, 3.8) is 0 Å². The van der Waals surface area contributed by atoms with Crippen molar-refractivity contribution in [3.8, 4) is 39.1 Å². The van der Waals surface area contributed by atoms with Gasteiger partial charge in [0, 0.05) is 23.5 Å². The number of aromatic nitrogens is 2. The van der Waals surface area contributed by atoms with Crippen molar-refractivity contribution in [3.05, 3.63) is 175 Å². The second kappa shape index (κ2) is 10.8. The van der Waals surface area contributed by atoms with Gasteiger partial charge < -0.3 is 4.57 Å². The van der Waals surface area contributed by atoms with Crippen LogP contribution in [0.3, 0.4) is 0 Å². The van der Waals surface area contributed by atoms with E-state index in [-0.39, 0.29) is 0 Å². The molecule has 47 heavy (non-hydrogen) atoms. The third-order valence-corrected chi connectivity index (χ3v) is 9.28. The monoisotopic (exact) mass is 597 g/mol. The lowest BCUT2D eigenvalue weighted by Crippen LogP contribution is -1.93. The third-order valence-electron chi connectivity index (χ3n) is 9.28. The van der Waals surface area contributed by atoms with Gasteiger partial charge in [0.05, 0.1) is 17.6 Å². The molecular weight excluding hydrogens is 571 g/mol. The summed E-state index contributed by atoms with van der Waals surface area (Å²) >= 11 is 0. The maximum Gasteiger partial charge on any atom is 0.188 e. The van der Waals surface area contributed by atoms with E-state index in [9.17, 15) is 0 Å². The highest BCUT2D eigenvalue weighted by molar-refractivity contribution is 6.23. The maximum absolute atomic E-state index is 7.74. The Morgan fingerprint density at radius 3 is 1.72 bits per heavy atom. The largest absolute Gasteiger partial charge is 0.309 e. The van der Waals surface area contributed by atoms with Crippen LogP contribution in [0.1, 0.15) is 0 Å². The second-order valence-electron chi connectivity index (χ2n) is 11.9. The molecule has 0 saturated carbocycles. The van der Waals surface area contributed by atoms with Gasteiger partial charge in [0.2, 0.25) is 0 Å². The fourth-order valence-electron chi connectivity index (χ4n) is 7.22. The molecule has 0 N–H and O–H groups in total. The summed E-state index contributed by atoms with van der Waals surface area (Å²) in [5.74, 6) is 0. The Kier molecular flexibility index (Phi) is 6.19. The number of fused-ring (bicyclic) bond motifs is 5. The molecule has 0 unspecified atom stereocenters. The Morgan fingerprint density at radius 1 is 0.426 bits per heavy atom. The lowest BCUT2D eigenvalue weighted by molar-refractivity contribution is 1.18. The van der Waals surface area contributed by atoms with Gasteiger partial charge in [-0.05, 0) is 115 Å². The minimum absolute atomic E-state index is 0.640. The zero-order chi connectivity index (χ0) is 31.3. The van der Waals surface area contributed by atoms with Gasteiger partial charge >= 0.3 is 0 Å². The Morgan fingerprint density at radius 2 is 1.00 bits per heavy atom. The molecule has 0 spiro atoms. The molecule has 0 amide bonds. The number of para-hydroxylation sites is 1. The molecule has 0 aliphatic carbocycles. The quantitative estimate of drug-likeness (QED) is 0.146. The first-order chi connectivity index (χ1) is 23.3. The SMILES string of the molecule is [C-]#[N+]c1ccc2c(c1)c1cc(-c3c4ccccc4c(-c4ccncc4)c4cc(-c5ccccc5)ccc34)ccc1n2-c1ccccc1. The molecule has 0 aliphatic heterocycles. The summed E-state index contributed by atoms with van der Waals surface area (Å²) < 4.78 is 2.30. The Hall–Kier alpha value is -6.50. The van der Waals surface area contributed by atoms with Crippen LogP contribution in [0.25, 0.3) is 87.3 Å². The summed E-state index contributed by atoms with van der Waals surface area (Å²) in [6, 6.07) is 53.7. The van der Waals surface area contributed by atoms with E-state index in [2.05, 4.69) is 148 Å². The standard InChI is InChI=1S/C44H27N3/c1-45-33-18-21-42-39(28-33)38-27-32(17-20-41(38)47(42)34-12-6-3-7-13-34)44-36-15-9-8-14-35(36)43(30-22-24-46-25-23-30)40-26-31(16-19-37(40)44)29-10-4-2-5-11-29/h2-28H. The lowest BCUT2D eigenvalue weighted by Gasteiger charge is -2.19. The van der Waals surface area contributed by atoms with Gasteiger partial charge in [-0.3, -0.25) is 4.98 Å². The van der Waals surface area contributed by atoms with E-state index in [1.165, 1.54) is 43.8 Å². The molecule has 0 radical (unpaired) electrons. The van der Waals surface area contributed by atoms with Crippen molar-refractivity contribution in [1.82, 2.24) is 9.55 Å². The Balaban J connectivity index is 1.40. The molecule has 0 fully saturated rings. The molecule has 2 heterocycles. The molecule has 7 aromatic carbocycles. The van der Waals surface area contributed by atoms with Gasteiger partial charge in [-0.2, -0.15) is 0 Å². The Bertz CT molecular complexity index is 2670. The molecule has 3 nitrogen and oxygen atoms in total. The number of nitrogens with zero attached hydrogens (tertiary/aromatic N) is 3. The van der Waals surface area contributed by atoms with Crippen molar-refractivity contribution in [2.75, 3.05) is 0 Å². The van der Waals surface area contributed by atoms with E-state index in [0.29, 0.717) is 5.69 Å². The van der Waals surface area contributed by atoms with E-state index in [1.807, 2.05) is 30.6 Å². The van der Waals surface area contributed by atoms with E-state index < -0.39 is 0 Å². The van der Waals surface area contributed by atoms with Crippen LogP contribution in [-0.4, -0.2) is 9.55 Å². The zero-order valence-electron chi connectivity index (χ0n) is 25.4. The molecule has 0 aliphatic rings. The molecule has 0 bridgehead atoms. The fourth-order valence-corrected chi connectivity index (χ4v) is 7.22. The summed E-state index contributed by atoms with van der Waals surface area (Å²) in [5, 5.41) is 7.01. The highest BCUT2D eigenvalue weighted by Crippen LogP contribution is 2.46. The molecule has 9 aromatic rings. The van der Waals surface area contributed by atoms with Gasteiger partial charge in [-0.15, -0.1) is 0 Å². The van der Waals surface area contributed by atoms with Crippen LogP contribution in [0.2, 0.25) is 0 Å². The van der Waals surface area contributed by atoms with Gasteiger partial charge in [0.25, 0.3) is 0 Å². The van der Waals surface area contributed by atoms with Gasteiger partial charge in [0.15, 0.2) is 5.69 Å². The lowest BCUT2D eigenvalue weighted by atomic mass is 9.85. The smallest absolute Gasteiger partial charge is 0.188 e. The second-order valence-corrected chi connectivity index (χ2v) is 11.9. The van der Waals surface area contributed by atoms with Crippen LogP contribution < -0.4 is 0 Å². The molecular formula is C44H27N3. The highest BCUT2D eigenvalue weighted by Gasteiger charge is 2.19. The molecule has 218 valence electrons. The summed E-state index contributed by atoms with van der Waals surface area (Å²) in [6.07, 6.45) is 3.75. The average Bonchev–Trinajstić information content (AvgIpc) is 3.47. The van der Waals surface area contributed by atoms with Gasteiger partial charge in [0.1, 0.15) is 0 Å². The topological polar surface area (TPSA) is 22.2 Å². The van der Waals surface area contributed by atoms with Crippen LogP contribution in [0.4, 0.5) is 5.69 Å². The molecule has 3 heteroatoms. The minimum atomic E-state index is 0.640. The van der Waals surface area contributed by atoms with Crippen LogP contribution in [0.5, 0.6) is 0 Å². The first-order valence-electron chi connectivity index (χ1n) is 15.7. The van der Waals surface area contributed by atoms with Crippen molar-refractivity contribution >= 4 is 49.0 Å². The first-order valence-corrected chi connectivity index (χ1v) is 15.7. The van der Waals surface area contributed by atoms with E-state index in [1.54, 1.807) is 0 Å². The number of rotatable bonds is 4. The normalized spacial score (nSPS) is 11.4. The van der Waals surface area contributed by atoms with Gasteiger partial charge in [-0.1, -0.05) is 97.1 Å². The molecule has 0 saturated heterocycles. The number of hydrogen-bond acceptors (Lipinski definition) is 1. The number of benzene rings is 7. The number of hydrogen-bond donors (Lipinski definition) is 0. The summed E-state index contributed by atoms with van der Waals surface area (Å²) in [4.78, 5) is 8.11. The van der Waals surface area contributed by atoms with E-state index in [0.717, 1.165) is 38.6 Å². The van der Waals surface area contributed by atoms with E-state index in [4.69, 9.17) is 6.57 Å². The minimum Gasteiger partial charge on any atom is -0.309 e. The van der Waals surface area contributed by atoms with Crippen molar-refractivity contribution in [1.29, 1.82) is 0 Å². The number of pyridine rings is 1. The van der Waals surface area contributed by atoms with Crippen molar-refractivity contribution in [2.24, 2.45) is 0 Å². The van der Waals surface area contributed by atoms with Crippen LogP contribution >= 0.6 is 0 Å². The molecule has 9 rings (SSSR count). The molecule has 2 aromatic heterocycles. The van der Waals surface area contributed by atoms with Gasteiger partial charge in [-0.25, -0.2) is 4.85 Å². The zero-order valence-corrected chi connectivity index (χ0v) is 25.4. The fraction of sp³-hybridized carbons (Fsp3) is 0. The predicted molar refractivity (Wildman–Crippen MR) is 196 cm³/mol. The third kappa shape index (κ3) is 4.31. The Labute approximate surface area is 272 Å². The highest BCUT2D eigenvalue weighted by atomic mass is 15.0. The average molecular weight is 598 g/mol. The van der Waals surface area contributed by atoms with Crippen molar-refractivity contribution < 1.29 is 0 Å².